The van der Waals surface area contributed by atoms with Crippen molar-refractivity contribution in [1.29, 1.82) is 0 Å². The van der Waals surface area contributed by atoms with Gasteiger partial charge in [-0.1, -0.05) is 23.7 Å². The first kappa shape index (κ1) is 12.6. The van der Waals surface area contributed by atoms with Gasteiger partial charge in [0.05, 0.1) is 10.7 Å². The number of benzene rings is 1. The maximum Gasteiger partial charge on any atom is 0.274 e. The lowest BCUT2D eigenvalue weighted by atomic mass is 10.2. The molecule has 2 aromatic rings. The van der Waals surface area contributed by atoms with Gasteiger partial charge in [-0.05, 0) is 43.7 Å². The average Bonchev–Trinajstić information content (AvgIpc) is 2.31. The third kappa shape index (κ3) is 2.87. The molecule has 1 amide bonds. The van der Waals surface area contributed by atoms with Crippen LogP contribution in [0.4, 0.5) is 5.69 Å². The molecule has 0 unspecified atom stereocenters. The maximum absolute atomic E-state index is 12.0. The summed E-state index contributed by atoms with van der Waals surface area (Å²) in [6.45, 7) is 3.79. The van der Waals surface area contributed by atoms with Crippen molar-refractivity contribution in [3.8, 4) is 0 Å². The molecule has 0 radical (unpaired) electrons. The number of anilines is 1. The summed E-state index contributed by atoms with van der Waals surface area (Å²) in [6.07, 6.45) is 0. The molecule has 4 heteroatoms. The summed E-state index contributed by atoms with van der Waals surface area (Å²) in [5.74, 6) is -0.255. The largest absolute Gasteiger partial charge is 0.319 e. The quantitative estimate of drug-likeness (QED) is 0.896. The Kier molecular flexibility index (Phi) is 3.63. The number of nitrogens with one attached hydrogen (secondary N) is 1. The Morgan fingerprint density at radius 3 is 2.61 bits per heavy atom. The Morgan fingerprint density at radius 1 is 1.22 bits per heavy atom. The molecular formula is C14H13ClN2O. The molecule has 2 rings (SSSR count). The van der Waals surface area contributed by atoms with Crippen LogP contribution in [0.2, 0.25) is 5.02 Å². The van der Waals surface area contributed by atoms with Crippen LogP contribution in [-0.4, -0.2) is 10.9 Å². The van der Waals surface area contributed by atoms with Gasteiger partial charge < -0.3 is 5.32 Å². The summed E-state index contributed by atoms with van der Waals surface area (Å²) in [5, 5.41) is 3.26. The summed E-state index contributed by atoms with van der Waals surface area (Å²) < 4.78 is 0. The van der Waals surface area contributed by atoms with Crippen molar-refractivity contribution in [3.63, 3.8) is 0 Å². The lowest BCUT2D eigenvalue weighted by Crippen LogP contribution is -2.14. The van der Waals surface area contributed by atoms with E-state index in [9.17, 15) is 4.79 Å². The second kappa shape index (κ2) is 5.19. The number of rotatable bonds is 2. The molecular weight excluding hydrogens is 248 g/mol. The van der Waals surface area contributed by atoms with E-state index in [0.29, 0.717) is 16.4 Å². The zero-order chi connectivity index (χ0) is 13.1. The van der Waals surface area contributed by atoms with Crippen molar-refractivity contribution >= 4 is 23.2 Å². The second-order valence-electron chi connectivity index (χ2n) is 4.11. The molecule has 1 aromatic heterocycles. The molecule has 0 atom stereocenters. The van der Waals surface area contributed by atoms with Gasteiger partial charge in [-0.2, -0.15) is 0 Å². The molecule has 0 aliphatic heterocycles. The van der Waals surface area contributed by atoms with Gasteiger partial charge in [0.15, 0.2) is 0 Å². The van der Waals surface area contributed by atoms with Crippen LogP contribution >= 0.6 is 11.6 Å². The van der Waals surface area contributed by atoms with Crippen LogP contribution in [0.25, 0.3) is 0 Å². The van der Waals surface area contributed by atoms with E-state index in [2.05, 4.69) is 10.3 Å². The van der Waals surface area contributed by atoms with Gasteiger partial charge in [0.25, 0.3) is 5.91 Å². The number of aromatic nitrogens is 1. The molecule has 1 aromatic carbocycles. The van der Waals surface area contributed by atoms with E-state index in [1.54, 1.807) is 18.2 Å². The first-order valence-corrected chi connectivity index (χ1v) is 5.95. The Hall–Kier alpha value is -1.87. The summed E-state index contributed by atoms with van der Waals surface area (Å²) in [4.78, 5) is 16.2. The molecule has 92 valence electrons. The lowest BCUT2D eigenvalue weighted by Gasteiger charge is -2.07. The van der Waals surface area contributed by atoms with Crippen LogP contribution in [0.1, 0.15) is 21.7 Å². The number of amides is 1. The van der Waals surface area contributed by atoms with Gasteiger partial charge in [-0.25, -0.2) is 4.98 Å². The van der Waals surface area contributed by atoms with E-state index < -0.39 is 0 Å². The van der Waals surface area contributed by atoms with Crippen molar-refractivity contribution in [2.24, 2.45) is 0 Å². The number of carbonyl (C=O) groups excluding carboxylic acids is 1. The predicted molar refractivity (Wildman–Crippen MR) is 73.1 cm³/mol. The van der Waals surface area contributed by atoms with Gasteiger partial charge in [0, 0.05) is 5.69 Å². The highest BCUT2D eigenvalue weighted by Gasteiger charge is 2.10. The number of para-hydroxylation sites is 1. The van der Waals surface area contributed by atoms with Crippen LogP contribution in [-0.2, 0) is 0 Å². The van der Waals surface area contributed by atoms with Gasteiger partial charge in [-0.3, -0.25) is 4.79 Å². The highest BCUT2D eigenvalue weighted by molar-refractivity contribution is 6.33. The van der Waals surface area contributed by atoms with Crippen molar-refractivity contribution in [2.45, 2.75) is 13.8 Å². The highest BCUT2D eigenvalue weighted by Crippen LogP contribution is 2.21. The minimum atomic E-state index is -0.255. The topological polar surface area (TPSA) is 42.0 Å². The minimum Gasteiger partial charge on any atom is -0.319 e. The Labute approximate surface area is 111 Å². The normalized spacial score (nSPS) is 10.2. The number of carbonyl (C=O) groups is 1. The maximum atomic E-state index is 12.0. The van der Waals surface area contributed by atoms with E-state index in [1.807, 2.05) is 32.0 Å². The zero-order valence-corrected chi connectivity index (χ0v) is 11.0. The molecule has 18 heavy (non-hydrogen) atoms. The molecule has 0 bridgehead atoms. The van der Waals surface area contributed by atoms with E-state index >= 15 is 0 Å². The number of aryl methyl sites for hydroxylation is 2. The number of hydrogen-bond acceptors (Lipinski definition) is 2. The van der Waals surface area contributed by atoms with Crippen LogP contribution < -0.4 is 5.32 Å². The van der Waals surface area contributed by atoms with Crippen LogP contribution in [0.5, 0.6) is 0 Å². The van der Waals surface area contributed by atoms with E-state index in [-0.39, 0.29) is 5.91 Å². The fourth-order valence-electron chi connectivity index (χ4n) is 1.71. The van der Waals surface area contributed by atoms with Gasteiger partial charge in [0.2, 0.25) is 0 Å². The summed E-state index contributed by atoms with van der Waals surface area (Å²) in [5.41, 5.74) is 2.81. The summed E-state index contributed by atoms with van der Waals surface area (Å²) in [6, 6.07) is 10.8. The molecule has 0 spiro atoms. The lowest BCUT2D eigenvalue weighted by molar-refractivity contribution is 0.102. The Bertz CT molecular complexity index is 576. The van der Waals surface area contributed by atoms with Crippen LogP contribution in [0.15, 0.2) is 36.4 Å². The molecule has 0 saturated carbocycles. The number of pyridine rings is 1. The first-order valence-electron chi connectivity index (χ1n) is 5.57. The molecule has 0 aliphatic carbocycles. The third-order valence-electron chi connectivity index (χ3n) is 2.45. The fourth-order valence-corrected chi connectivity index (χ4v) is 1.89. The van der Waals surface area contributed by atoms with Gasteiger partial charge >= 0.3 is 0 Å². The molecule has 1 N–H and O–H groups in total. The average molecular weight is 261 g/mol. The standard InChI is InChI=1S/C14H13ClN2O/c1-9-7-10(2)16-13(8-9)14(18)17-12-6-4-3-5-11(12)15/h3-8H,1-2H3,(H,17,18). The molecule has 3 nitrogen and oxygen atoms in total. The molecule has 0 fully saturated rings. The molecule has 0 saturated heterocycles. The fraction of sp³-hybridized carbons (Fsp3) is 0.143. The SMILES string of the molecule is Cc1cc(C)nc(C(=O)Nc2ccccc2Cl)c1. The van der Waals surface area contributed by atoms with E-state index in [0.717, 1.165) is 11.3 Å². The number of nitrogens with zero attached hydrogens (tertiary/aromatic N) is 1. The van der Waals surface area contributed by atoms with Crippen molar-refractivity contribution < 1.29 is 4.79 Å². The predicted octanol–water partition coefficient (Wildman–Crippen LogP) is 3.60. The van der Waals surface area contributed by atoms with Gasteiger partial charge in [-0.15, -0.1) is 0 Å². The minimum absolute atomic E-state index is 0.255. The molecule has 1 heterocycles. The number of hydrogen-bond donors (Lipinski definition) is 1. The van der Waals surface area contributed by atoms with Crippen molar-refractivity contribution in [2.75, 3.05) is 5.32 Å². The zero-order valence-electron chi connectivity index (χ0n) is 10.2. The third-order valence-corrected chi connectivity index (χ3v) is 2.78. The summed E-state index contributed by atoms with van der Waals surface area (Å²) >= 11 is 5.98. The van der Waals surface area contributed by atoms with Crippen LogP contribution in [0, 0.1) is 13.8 Å². The first-order chi connectivity index (χ1) is 8.56. The van der Waals surface area contributed by atoms with E-state index in [1.165, 1.54) is 0 Å². The van der Waals surface area contributed by atoms with Gasteiger partial charge in [0.1, 0.15) is 5.69 Å². The van der Waals surface area contributed by atoms with E-state index in [4.69, 9.17) is 11.6 Å². The van der Waals surface area contributed by atoms with Crippen molar-refractivity contribution in [3.05, 3.63) is 58.4 Å². The highest BCUT2D eigenvalue weighted by atomic mass is 35.5. The number of halogens is 1. The monoisotopic (exact) mass is 260 g/mol. The summed E-state index contributed by atoms with van der Waals surface area (Å²) in [7, 11) is 0. The smallest absolute Gasteiger partial charge is 0.274 e. The Morgan fingerprint density at radius 2 is 1.94 bits per heavy atom. The second-order valence-corrected chi connectivity index (χ2v) is 4.51. The Balaban J connectivity index is 2.25. The molecule has 0 aliphatic rings. The van der Waals surface area contributed by atoms with Crippen LogP contribution in [0.3, 0.4) is 0 Å². The van der Waals surface area contributed by atoms with Crippen molar-refractivity contribution in [1.82, 2.24) is 4.98 Å².